The van der Waals surface area contributed by atoms with Crippen LogP contribution in [0.2, 0.25) is 24.2 Å². The Labute approximate surface area is 94.3 Å². The van der Waals surface area contributed by atoms with Crippen LogP contribution in [0.25, 0.3) is 0 Å². The van der Waals surface area contributed by atoms with Crippen LogP contribution in [0.3, 0.4) is 0 Å². The number of hydrogen-bond acceptors (Lipinski definition) is 3. The molecular weight excluding hydrogens is 228 g/mol. The van der Waals surface area contributed by atoms with E-state index < -0.39 is 18.2 Å². The summed E-state index contributed by atoms with van der Waals surface area (Å²) >= 11 is 0. The molecule has 0 aromatic carbocycles. The maximum Gasteiger partial charge on any atom is 0.264 e. The van der Waals surface area contributed by atoms with Crippen LogP contribution in [0.5, 0.6) is 0 Å². The van der Waals surface area contributed by atoms with Crippen molar-refractivity contribution in [1.29, 1.82) is 0 Å². The first kappa shape index (κ1) is 13.2. The van der Waals surface area contributed by atoms with Gasteiger partial charge in [0.15, 0.2) is 0 Å². The summed E-state index contributed by atoms with van der Waals surface area (Å²) in [5, 5.41) is 0. The van der Waals surface area contributed by atoms with Gasteiger partial charge in [0, 0.05) is 0 Å². The average Bonchev–Trinajstić information content (AvgIpc) is 2.73. The molecule has 0 spiro atoms. The fraction of sp³-hybridized carbons (Fsp3) is 1.00. The monoisotopic (exact) mass is 250 g/mol. The third-order valence-corrected chi connectivity index (χ3v) is 10.4. The average molecular weight is 250 g/mol. The zero-order valence-electron chi connectivity index (χ0n) is 10.3. The lowest BCUT2D eigenvalue weighted by Gasteiger charge is -2.26. The summed E-state index contributed by atoms with van der Waals surface area (Å²) < 4.78 is 27.5. The molecule has 1 aliphatic rings. The first-order valence-corrected chi connectivity index (χ1v) is 10.4. The van der Waals surface area contributed by atoms with E-state index in [2.05, 4.69) is 20.4 Å². The molecule has 0 radical (unpaired) electrons. The van der Waals surface area contributed by atoms with Gasteiger partial charge in [-0.3, -0.25) is 4.18 Å². The SMILES string of the molecule is CC[Si](C)(CC)C1CC1(C)OS(C)(=O)=O. The standard InChI is InChI=1S/C10H22O3SSi/c1-6-15(5,7-2)9-8-10(9,3)13-14(4,11)12/h9H,6-8H2,1-5H3. The third kappa shape index (κ3) is 2.82. The summed E-state index contributed by atoms with van der Waals surface area (Å²) in [6.07, 6.45) is 2.06. The minimum atomic E-state index is -3.31. The molecule has 0 aromatic rings. The molecular formula is C10H22O3SSi. The molecule has 0 amide bonds. The molecule has 0 aliphatic heterocycles. The largest absolute Gasteiger partial charge is 0.264 e. The predicted molar refractivity (Wildman–Crippen MR) is 65.3 cm³/mol. The molecule has 3 nitrogen and oxygen atoms in total. The van der Waals surface area contributed by atoms with E-state index in [9.17, 15) is 8.42 Å². The van der Waals surface area contributed by atoms with E-state index >= 15 is 0 Å². The second kappa shape index (κ2) is 3.86. The van der Waals surface area contributed by atoms with Gasteiger partial charge >= 0.3 is 0 Å². The summed E-state index contributed by atoms with van der Waals surface area (Å²) in [4.78, 5) is 0. The van der Waals surface area contributed by atoms with Crippen molar-refractivity contribution in [2.75, 3.05) is 6.26 Å². The van der Waals surface area contributed by atoms with Gasteiger partial charge in [-0.2, -0.15) is 8.42 Å². The van der Waals surface area contributed by atoms with Crippen molar-refractivity contribution < 1.29 is 12.6 Å². The zero-order chi connectivity index (χ0) is 11.9. The van der Waals surface area contributed by atoms with Gasteiger partial charge in [0.25, 0.3) is 10.1 Å². The Bertz CT molecular complexity index is 335. The van der Waals surface area contributed by atoms with E-state index in [4.69, 9.17) is 4.18 Å². The Balaban J connectivity index is 2.73. The van der Waals surface area contributed by atoms with Crippen molar-refractivity contribution in [2.24, 2.45) is 0 Å². The van der Waals surface area contributed by atoms with Crippen molar-refractivity contribution in [3.8, 4) is 0 Å². The van der Waals surface area contributed by atoms with Gasteiger partial charge in [0.1, 0.15) is 0 Å². The summed E-state index contributed by atoms with van der Waals surface area (Å²) in [6.45, 7) is 8.73. The zero-order valence-corrected chi connectivity index (χ0v) is 12.1. The number of rotatable bonds is 5. The van der Waals surface area contributed by atoms with Gasteiger partial charge in [0.2, 0.25) is 0 Å². The fourth-order valence-corrected chi connectivity index (χ4v) is 7.39. The molecule has 1 aliphatic carbocycles. The molecule has 1 rings (SSSR count). The van der Waals surface area contributed by atoms with Gasteiger partial charge in [-0.05, 0) is 18.9 Å². The van der Waals surface area contributed by atoms with Gasteiger partial charge in [0.05, 0.1) is 19.9 Å². The molecule has 90 valence electrons. The Kier molecular flexibility index (Phi) is 3.39. The highest BCUT2D eigenvalue weighted by molar-refractivity contribution is 7.86. The molecule has 1 saturated carbocycles. The van der Waals surface area contributed by atoms with Crippen molar-refractivity contribution in [1.82, 2.24) is 0 Å². The van der Waals surface area contributed by atoms with Crippen LogP contribution in [0.15, 0.2) is 0 Å². The Morgan fingerprint density at radius 3 is 2.20 bits per heavy atom. The third-order valence-electron chi connectivity index (χ3n) is 3.98. The van der Waals surface area contributed by atoms with Crippen LogP contribution >= 0.6 is 0 Å². The van der Waals surface area contributed by atoms with Crippen LogP contribution in [0.4, 0.5) is 0 Å². The normalized spacial score (nSPS) is 31.7. The molecule has 0 N–H and O–H groups in total. The van der Waals surface area contributed by atoms with Crippen LogP contribution in [0.1, 0.15) is 27.2 Å². The molecule has 0 bridgehead atoms. The minimum absolute atomic E-state index is 0.388. The highest BCUT2D eigenvalue weighted by atomic mass is 32.2. The minimum Gasteiger partial charge on any atom is -0.264 e. The van der Waals surface area contributed by atoms with E-state index in [0.29, 0.717) is 5.54 Å². The smallest absolute Gasteiger partial charge is 0.264 e. The predicted octanol–water partition coefficient (Wildman–Crippen LogP) is 2.61. The molecule has 15 heavy (non-hydrogen) atoms. The fourth-order valence-electron chi connectivity index (χ4n) is 2.51. The molecule has 0 aromatic heterocycles. The van der Waals surface area contributed by atoms with Crippen LogP contribution in [0, 0.1) is 0 Å². The number of hydrogen-bond donors (Lipinski definition) is 0. The van der Waals surface area contributed by atoms with E-state index in [0.717, 1.165) is 12.7 Å². The Morgan fingerprint density at radius 1 is 1.40 bits per heavy atom. The first-order chi connectivity index (χ1) is 6.67. The maximum absolute atomic E-state index is 11.1. The molecule has 0 saturated heterocycles. The van der Waals surface area contributed by atoms with Gasteiger partial charge < -0.3 is 0 Å². The van der Waals surface area contributed by atoms with Crippen molar-refractivity contribution in [3.05, 3.63) is 0 Å². The van der Waals surface area contributed by atoms with Crippen LogP contribution < -0.4 is 0 Å². The van der Waals surface area contributed by atoms with Crippen molar-refractivity contribution >= 4 is 18.2 Å². The summed E-state index contributed by atoms with van der Waals surface area (Å²) in [5.41, 5.74) is 0.121. The highest BCUT2D eigenvalue weighted by Crippen LogP contribution is 2.60. The lowest BCUT2D eigenvalue weighted by Crippen LogP contribution is -2.33. The molecule has 5 heteroatoms. The molecule has 1 fully saturated rings. The lowest BCUT2D eigenvalue weighted by atomic mass is 10.4. The van der Waals surface area contributed by atoms with E-state index in [-0.39, 0.29) is 5.60 Å². The summed E-state index contributed by atoms with van der Waals surface area (Å²) in [7, 11) is -4.59. The van der Waals surface area contributed by atoms with Crippen LogP contribution in [-0.2, 0) is 14.3 Å². The highest BCUT2D eigenvalue weighted by Gasteiger charge is 2.61. The summed E-state index contributed by atoms with van der Waals surface area (Å²) in [5.74, 6) is 0. The summed E-state index contributed by atoms with van der Waals surface area (Å²) in [6, 6.07) is 2.41. The van der Waals surface area contributed by atoms with Crippen LogP contribution in [-0.4, -0.2) is 28.3 Å². The second-order valence-electron chi connectivity index (χ2n) is 5.22. The topological polar surface area (TPSA) is 43.4 Å². The van der Waals surface area contributed by atoms with Crippen molar-refractivity contribution in [3.63, 3.8) is 0 Å². The molecule has 2 atom stereocenters. The molecule has 2 unspecified atom stereocenters. The Hall–Kier alpha value is 0.127. The Morgan fingerprint density at radius 2 is 1.87 bits per heavy atom. The quantitative estimate of drug-likeness (QED) is 0.556. The second-order valence-corrected chi connectivity index (χ2v) is 12.2. The van der Waals surface area contributed by atoms with Gasteiger partial charge in [-0.15, -0.1) is 0 Å². The lowest BCUT2D eigenvalue weighted by molar-refractivity contribution is 0.209. The first-order valence-electron chi connectivity index (χ1n) is 5.57. The van der Waals surface area contributed by atoms with Gasteiger partial charge in [-0.1, -0.05) is 32.5 Å². The molecule has 0 heterocycles. The van der Waals surface area contributed by atoms with Crippen molar-refractivity contribution in [2.45, 2.75) is 57.0 Å². The van der Waals surface area contributed by atoms with E-state index in [1.807, 2.05) is 6.92 Å². The van der Waals surface area contributed by atoms with E-state index in [1.165, 1.54) is 12.1 Å². The van der Waals surface area contributed by atoms with E-state index in [1.54, 1.807) is 0 Å². The van der Waals surface area contributed by atoms with Gasteiger partial charge in [-0.25, -0.2) is 0 Å². The maximum atomic E-state index is 11.1.